The number of anilines is 1. The Labute approximate surface area is 169 Å². The van der Waals surface area contributed by atoms with E-state index in [9.17, 15) is 9.90 Å². The molecule has 0 spiro atoms. The number of nitrogens with zero attached hydrogens (tertiary/aromatic N) is 2. The van der Waals surface area contributed by atoms with Gasteiger partial charge in [-0.05, 0) is 49.2 Å². The van der Waals surface area contributed by atoms with E-state index in [1.54, 1.807) is 25.4 Å². The summed E-state index contributed by atoms with van der Waals surface area (Å²) in [5.74, 6) is 1.69. The van der Waals surface area contributed by atoms with Crippen molar-refractivity contribution in [3.8, 4) is 11.5 Å². The number of aliphatic hydroxyl groups excluding tert-OH is 1. The Morgan fingerprint density at radius 3 is 2.76 bits per heavy atom. The normalized spacial score (nSPS) is 19.0. The highest BCUT2D eigenvalue weighted by atomic mass is 16.5. The number of pyridine rings is 2. The smallest absolute Gasteiger partial charge is 0.269 e. The number of hydrogen-bond donors (Lipinski definition) is 3. The van der Waals surface area contributed by atoms with Crippen molar-refractivity contribution >= 4 is 22.6 Å². The van der Waals surface area contributed by atoms with E-state index in [1.165, 1.54) is 0 Å². The topological polar surface area (TPSA) is 96.4 Å². The van der Waals surface area contributed by atoms with E-state index in [0.717, 1.165) is 42.4 Å². The maximum absolute atomic E-state index is 11.7. The highest BCUT2D eigenvalue weighted by Crippen LogP contribution is 2.27. The molecule has 3 aromatic rings. The highest BCUT2D eigenvalue weighted by molar-refractivity contribution is 5.92. The van der Waals surface area contributed by atoms with Gasteiger partial charge < -0.3 is 20.5 Å². The summed E-state index contributed by atoms with van der Waals surface area (Å²) in [6.45, 7) is 0. The van der Waals surface area contributed by atoms with Gasteiger partial charge in [-0.3, -0.25) is 9.78 Å². The maximum Gasteiger partial charge on any atom is 0.269 e. The second-order valence-electron chi connectivity index (χ2n) is 7.21. The Kier molecular flexibility index (Phi) is 5.57. The van der Waals surface area contributed by atoms with Gasteiger partial charge in [0.2, 0.25) is 0 Å². The summed E-state index contributed by atoms with van der Waals surface area (Å²) in [4.78, 5) is 20.4. The number of rotatable bonds is 5. The van der Waals surface area contributed by atoms with E-state index in [0.29, 0.717) is 17.2 Å². The Morgan fingerprint density at radius 1 is 1.10 bits per heavy atom. The lowest BCUT2D eigenvalue weighted by Crippen LogP contribution is -2.36. The number of nitrogens with one attached hydrogen (secondary N) is 2. The van der Waals surface area contributed by atoms with Crippen LogP contribution in [0.1, 0.15) is 36.2 Å². The van der Waals surface area contributed by atoms with Crippen LogP contribution in [0, 0.1) is 0 Å². The molecule has 0 unspecified atom stereocenters. The first kappa shape index (κ1) is 19.1. The molecule has 150 valence electrons. The number of carbonyl (C=O) groups is 1. The van der Waals surface area contributed by atoms with Gasteiger partial charge >= 0.3 is 0 Å². The predicted molar refractivity (Wildman–Crippen MR) is 111 cm³/mol. The van der Waals surface area contributed by atoms with Crippen molar-refractivity contribution in [1.29, 1.82) is 0 Å². The number of carbonyl (C=O) groups excluding carboxylic acids is 1. The van der Waals surface area contributed by atoms with Crippen molar-refractivity contribution in [2.24, 2.45) is 0 Å². The molecule has 1 aliphatic rings. The van der Waals surface area contributed by atoms with Crippen molar-refractivity contribution in [3.63, 3.8) is 0 Å². The second-order valence-corrected chi connectivity index (χ2v) is 7.21. The summed E-state index contributed by atoms with van der Waals surface area (Å²) < 4.78 is 5.89. The largest absolute Gasteiger partial charge is 0.457 e. The van der Waals surface area contributed by atoms with Gasteiger partial charge in [0, 0.05) is 24.7 Å². The van der Waals surface area contributed by atoms with Gasteiger partial charge in [-0.2, -0.15) is 0 Å². The van der Waals surface area contributed by atoms with Gasteiger partial charge in [-0.25, -0.2) is 4.98 Å². The number of amides is 1. The molecule has 1 amide bonds. The molecule has 4 rings (SSSR count). The third kappa shape index (κ3) is 4.46. The number of aromatic nitrogens is 2. The molecule has 0 bridgehead atoms. The fraction of sp³-hybridized carbons (Fsp3) is 0.318. The zero-order valence-corrected chi connectivity index (χ0v) is 16.3. The first-order valence-corrected chi connectivity index (χ1v) is 9.84. The minimum absolute atomic E-state index is 0.0533. The van der Waals surface area contributed by atoms with E-state index < -0.39 is 0 Å². The van der Waals surface area contributed by atoms with Crippen LogP contribution in [0.5, 0.6) is 11.5 Å². The lowest BCUT2D eigenvalue weighted by atomic mass is 9.92. The molecule has 7 nitrogen and oxygen atoms in total. The standard InChI is InChI=1S/C22H24N4O3/c1-23-22(28)19-13-16(10-11-24-19)29-15-7-8-17-14(12-15)6-9-21(25-17)26-18-4-2-3-5-20(18)27/h6-13,18,20,27H,2-5H2,1H3,(H,23,28)(H,25,26)/t18-,20-/m1/s1. The van der Waals surface area contributed by atoms with Gasteiger partial charge in [-0.1, -0.05) is 12.8 Å². The Hall–Kier alpha value is -3.19. The summed E-state index contributed by atoms with van der Waals surface area (Å²) in [7, 11) is 1.56. The van der Waals surface area contributed by atoms with Crippen LogP contribution in [-0.4, -0.2) is 40.2 Å². The van der Waals surface area contributed by atoms with Crippen molar-refractivity contribution in [1.82, 2.24) is 15.3 Å². The number of ether oxygens (including phenoxy) is 1. The number of hydrogen-bond acceptors (Lipinski definition) is 6. The van der Waals surface area contributed by atoms with E-state index in [2.05, 4.69) is 20.6 Å². The fourth-order valence-corrected chi connectivity index (χ4v) is 3.58. The first-order valence-electron chi connectivity index (χ1n) is 9.84. The average Bonchev–Trinajstić information content (AvgIpc) is 2.75. The quantitative estimate of drug-likeness (QED) is 0.615. The molecule has 3 N–H and O–H groups in total. The Bertz CT molecular complexity index is 1020. The molecule has 2 atom stereocenters. The van der Waals surface area contributed by atoms with Crippen molar-refractivity contribution in [3.05, 3.63) is 54.4 Å². The van der Waals surface area contributed by atoms with E-state index in [4.69, 9.17) is 4.74 Å². The van der Waals surface area contributed by atoms with Crippen LogP contribution >= 0.6 is 0 Å². The molecule has 2 heterocycles. The predicted octanol–water partition coefficient (Wildman–Crippen LogP) is 3.50. The van der Waals surface area contributed by atoms with Crippen LogP contribution in [0.2, 0.25) is 0 Å². The van der Waals surface area contributed by atoms with Crippen LogP contribution in [-0.2, 0) is 0 Å². The van der Waals surface area contributed by atoms with Gasteiger partial charge in [0.25, 0.3) is 5.91 Å². The number of aliphatic hydroxyl groups is 1. The van der Waals surface area contributed by atoms with Crippen LogP contribution in [0.15, 0.2) is 48.7 Å². The Morgan fingerprint density at radius 2 is 1.93 bits per heavy atom. The van der Waals surface area contributed by atoms with E-state index in [-0.39, 0.29) is 18.1 Å². The summed E-state index contributed by atoms with van der Waals surface area (Å²) in [6, 6.07) is 12.9. The van der Waals surface area contributed by atoms with Gasteiger partial charge in [0.05, 0.1) is 17.7 Å². The zero-order chi connectivity index (χ0) is 20.2. The molecule has 1 saturated carbocycles. The summed E-state index contributed by atoms with van der Waals surface area (Å²) in [6.07, 6.45) is 5.21. The molecule has 1 fully saturated rings. The SMILES string of the molecule is CNC(=O)c1cc(Oc2ccc3nc(N[C@@H]4CCCC[C@H]4O)ccc3c2)ccn1. The van der Waals surface area contributed by atoms with Gasteiger partial charge in [0.1, 0.15) is 23.0 Å². The summed E-state index contributed by atoms with van der Waals surface area (Å²) >= 11 is 0. The van der Waals surface area contributed by atoms with E-state index >= 15 is 0 Å². The van der Waals surface area contributed by atoms with Gasteiger partial charge in [0.15, 0.2) is 0 Å². The van der Waals surface area contributed by atoms with Crippen LogP contribution in [0.4, 0.5) is 5.82 Å². The second kappa shape index (κ2) is 8.45. The molecular weight excluding hydrogens is 368 g/mol. The molecular formula is C22H24N4O3. The molecule has 0 radical (unpaired) electrons. The van der Waals surface area contributed by atoms with Crippen molar-refractivity contribution < 1.29 is 14.6 Å². The minimum Gasteiger partial charge on any atom is -0.457 e. The maximum atomic E-state index is 11.7. The molecule has 29 heavy (non-hydrogen) atoms. The minimum atomic E-state index is -0.322. The van der Waals surface area contributed by atoms with E-state index in [1.807, 2.05) is 30.3 Å². The van der Waals surface area contributed by atoms with Crippen LogP contribution in [0.3, 0.4) is 0 Å². The van der Waals surface area contributed by atoms with Crippen LogP contribution in [0.25, 0.3) is 10.9 Å². The first-order chi connectivity index (χ1) is 14.1. The van der Waals surface area contributed by atoms with Gasteiger partial charge in [-0.15, -0.1) is 0 Å². The number of benzene rings is 1. The molecule has 1 aromatic carbocycles. The summed E-state index contributed by atoms with van der Waals surface area (Å²) in [5.41, 5.74) is 1.14. The van der Waals surface area contributed by atoms with Crippen LogP contribution < -0.4 is 15.4 Å². The third-order valence-corrected chi connectivity index (χ3v) is 5.15. The molecule has 0 aliphatic heterocycles. The molecule has 0 saturated heterocycles. The zero-order valence-electron chi connectivity index (χ0n) is 16.3. The number of fused-ring (bicyclic) bond motifs is 1. The molecule has 2 aromatic heterocycles. The molecule has 7 heteroatoms. The fourth-order valence-electron chi connectivity index (χ4n) is 3.58. The monoisotopic (exact) mass is 392 g/mol. The highest BCUT2D eigenvalue weighted by Gasteiger charge is 2.23. The third-order valence-electron chi connectivity index (χ3n) is 5.15. The summed E-state index contributed by atoms with van der Waals surface area (Å²) in [5, 5.41) is 17.0. The van der Waals surface area contributed by atoms with Crippen molar-refractivity contribution in [2.45, 2.75) is 37.8 Å². The Balaban J connectivity index is 1.50. The lowest BCUT2D eigenvalue weighted by molar-refractivity contribution is 0.0957. The molecule has 1 aliphatic carbocycles. The lowest BCUT2D eigenvalue weighted by Gasteiger charge is -2.28. The van der Waals surface area contributed by atoms with Crippen molar-refractivity contribution in [2.75, 3.05) is 12.4 Å². The average molecular weight is 392 g/mol.